The molecule has 0 bridgehead atoms. The number of hydroxylamine groups is 1. The fourth-order valence-electron chi connectivity index (χ4n) is 5.28. The molecule has 3 aromatic carbocycles. The van der Waals surface area contributed by atoms with Crippen molar-refractivity contribution in [3.8, 4) is 11.1 Å². The predicted molar refractivity (Wildman–Crippen MR) is 170 cm³/mol. The first-order chi connectivity index (χ1) is 21.0. The number of benzene rings is 3. The van der Waals surface area contributed by atoms with Crippen molar-refractivity contribution in [2.24, 2.45) is 11.3 Å². The number of rotatable bonds is 14. The Morgan fingerprint density at radius 2 is 1.50 bits per heavy atom. The highest BCUT2D eigenvalue weighted by atomic mass is 16.5. The Kier molecular flexibility index (Phi) is 12.6. The minimum absolute atomic E-state index is 0.148. The number of carbonyl (C=O) groups is 3. The Labute approximate surface area is 260 Å². The molecule has 0 saturated heterocycles. The Morgan fingerprint density at radius 1 is 0.864 bits per heavy atom. The average molecular weight is 604 g/mol. The summed E-state index contributed by atoms with van der Waals surface area (Å²) in [4.78, 5) is 39.4. The van der Waals surface area contributed by atoms with Crippen molar-refractivity contribution in [3.63, 3.8) is 0 Å². The van der Waals surface area contributed by atoms with Gasteiger partial charge in [-0.15, -0.1) is 0 Å². The lowest BCUT2D eigenvalue weighted by Gasteiger charge is -2.33. The maximum absolute atomic E-state index is 13.6. The molecule has 3 aromatic rings. The van der Waals surface area contributed by atoms with E-state index >= 15 is 0 Å². The number of amides is 3. The second-order valence-electron chi connectivity index (χ2n) is 12.2. The number of ether oxygens (including phenoxy) is 1. The number of hydrogen-bond acceptors (Lipinski definition) is 6. The van der Waals surface area contributed by atoms with Crippen LogP contribution in [0.3, 0.4) is 0 Å². The molecule has 0 aromatic heterocycles. The summed E-state index contributed by atoms with van der Waals surface area (Å²) in [6.07, 6.45) is -0.578. The summed E-state index contributed by atoms with van der Waals surface area (Å²) < 4.78 is 5.33. The summed E-state index contributed by atoms with van der Waals surface area (Å²) >= 11 is 0. The van der Waals surface area contributed by atoms with Gasteiger partial charge in [0, 0.05) is 7.11 Å². The summed E-state index contributed by atoms with van der Waals surface area (Å²) in [5.74, 6) is -3.37. The van der Waals surface area contributed by atoms with Crippen LogP contribution < -0.4 is 16.1 Å². The third-order valence-electron chi connectivity index (χ3n) is 7.72. The van der Waals surface area contributed by atoms with Crippen molar-refractivity contribution in [1.82, 2.24) is 16.1 Å². The first-order valence-electron chi connectivity index (χ1n) is 14.9. The molecule has 236 valence electrons. The van der Waals surface area contributed by atoms with Crippen LogP contribution in [0.2, 0.25) is 0 Å². The first kappa shape index (κ1) is 34.4. The van der Waals surface area contributed by atoms with Gasteiger partial charge < -0.3 is 20.5 Å². The zero-order valence-corrected chi connectivity index (χ0v) is 26.2. The van der Waals surface area contributed by atoms with Crippen LogP contribution in [0.1, 0.15) is 56.3 Å². The second-order valence-corrected chi connectivity index (χ2v) is 12.2. The monoisotopic (exact) mass is 603 g/mol. The quantitative estimate of drug-likeness (QED) is 0.136. The molecule has 3 amide bonds. The van der Waals surface area contributed by atoms with Gasteiger partial charge in [-0.25, -0.2) is 5.48 Å². The Morgan fingerprint density at radius 3 is 2.07 bits per heavy atom. The molecule has 9 nitrogen and oxygen atoms in total. The minimum Gasteiger partial charge on any atom is -0.382 e. The summed E-state index contributed by atoms with van der Waals surface area (Å²) in [5, 5.41) is 25.7. The van der Waals surface area contributed by atoms with Gasteiger partial charge in [0.1, 0.15) is 12.1 Å². The van der Waals surface area contributed by atoms with Crippen LogP contribution in [0.4, 0.5) is 0 Å². The average Bonchev–Trinajstić information content (AvgIpc) is 3.01. The molecule has 4 atom stereocenters. The molecule has 0 spiro atoms. The number of carbonyl (C=O) groups excluding carboxylic acids is 3. The molecule has 3 rings (SSSR count). The molecule has 0 radical (unpaired) electrons. The van der Waals surface area contributed by atoms with E-state index in [0.29, 0.717) is 12.8 Å². The van der Waals surface area contributed by atoms with Gasteiger partial charge in [-0.3, -0.25) is 19.6 Å². The SMILES string of the molecule is COCC(NC(=O)C(NC(=O)C(CCCc1ccc(-c2ccccc2)c(C)c1)C(O)C(=O)NO)C(C)(C)C)c1ccccc1. The topological polar surface area (TPSA) is 137 Å². The van der Waals surface area contributed by atoms with Gasteiger partial charge in [-0.2, -0.15) is 0 Å². The Balaban J connectivity index is 1.74. The Hall–Kier alpha value is -4.05. The van der Waals surface area contributed by atoms with Gasteiger partial charge in [0.05, 0.1) is 18.6 Å². The van der Waals surface area contributed by atoms with E-state index in [-0.39, 0.29) is 13.0 Å². The van der Waals surface area contributed by atoms with Gasteiger partial charge in [-0.05, 0) is 59.4 Å². The minimum atomic E-state index is -1.81. The number of aryl methyl sites for hydroxylation is 2. The third kappa shape index (κ3) is 9.47. The molecule has 44 heavy (non-hydrogen) atoms. The number of methoxy groups -OCH3 is 1. The summed E-state index contributed by atoms with van der Waals surface area (Å²) in [6, 6.07) is 24.2. The van der Waals surface area contributed by atoms with Crippen molar-refractivity contribution in [2.75, 3.05) is 13.7 Å². The van der Waals surface area contributed by atoms with E-state index in [1.165, 1.54) is 5.48 Å². The lowest BCUT2D eigenvalue weighted by Crippen LogP contribution is -2.57. The lowest BCUT2D eigenvalue weighted by molar-refractivity contribution is -0.147. The molecular formula is C35H45N3O6. The van der Waals surface area contributed by atoms with E-state index in [2.05, 4.69) is 34.9 Å². The fraction of sp³-hybridized carbons (Fsp3) is 0.400. The van der Waals surface area contributed by atoms with Crippen LogP contribution in [0.15, 0.2) is 78.9 Å². The molecule has 0 saturated carbocycles. The van der Waals surface area contributed by atoms with Crippen LogP contribution in [-0.4, -0.2) is 53.9 Å². The molecule has 0 aliphatic rings. The molecular weight excluding hydrogens is 558 g/mol. The van der Waals surface area contributed by atoms with Gasteiger partial charge in [0.15, 0.2) is 0 Å². The number of aliphatic hydroxyl groups is 1. The van der Waals surface area contributed by atoms with E-state index in [1.54, 1.807) is 7.11 Å². The summed E-state index contributed by atoms with van der Waals surface area (Å²) in [5.41, 5.74) is 6.01. The normalized spacial score (nSPS) is 14.2. The predicted octanol–water partition coefficient (Wildman–Crippen LogP) is 4.50. The molecule has 4 unspecified atom stereocenters. The smallest absolute Gasteiger partial charge is 0.272 e. The van der Waals surface area contributed by atoms with Crippen molar-refractivity contribution in [1.29, 1.82) is 0 Å². The lowest BCUT2D eigenvalue weighted by atomic mass is 9.84. The van der Waals surface area contributed by atoms with Crippen LogP contribution in [0, 0.1) is 18.3 Å². The molecule has 0 aliphatic heterocycles. The maximum Gasteiger partial charge on any atom is 0.272 e. The molecule has 5 N–H and O–H groups in total. The number of hydrogen-bond donors (Lipinski definition) is 5. The van der Waals surface area contributed by atoms with Crippen LogP contribution in [0.5, 0.6) is 0 Å². The largest absolute Gasteiger partial charge is 0.382 e. The van der Waals surface area contributed by atoms with Crippen LogP contribution >= 0.6 is 0 Å². The zero-order valence-electron chi connectivity index (χ0n) is 26.2. The van der Waals surface area contributed by atoms with E-state index < -0.39 is 47.2 Å². The molecule has 0 fully saturated rings. The highest BCUT2D eigenvalue weighted by Crippen LogP contribution is 2.26. The third-order valence-corrected chi connectivity index (χ3v) is 7.72. The second kappa shape index (κ2) is 16.1. The van der Waals surface area contributed by atoms with Crippen molar-refractivity contribution in [2.45, 2.75) is 65.1 Å². The van der Waals surface area contributed by atoms with E-state index in [1.807, 2.05) is 82.3 Å². The van der Waals surface area contributed by atoms with Gasteiger partial charge in [0.25, 0.3) is 5.91 Å². The van der Waals surface area contributed by atoms with Crippen molar-refractivity contribution in [3.05, 3.63) is 95.6 Å². The zero-order chi connectivity index (χ0) is 32.3. The summed E-state index contributed by atoms with van der Waals surface area (Å²) in [6.45, 7) is 7.73. The number of aliphatic hydroxyl groups excluding tert-OH is 1. The van der Waals surface area contributed by atoms with Gasteiger partial charge in [0.2, 0.25) is 11.8 Å². The fourth-order valence-corrected chi connectivity index (χ4v) is 5.28. The summed E-state index contributed by atoms with van der Waals surface area (Å²) in [7, 11) is 1.54. The maximum atomic E-state index is 13.6. The molecule has 0 aliphatic carbocycles. The van der Waals surface area contributed by atoms with Crippen molar-refractivity contribution >= 4 is 17.7 Å². The van der Waals surface area contributed by atoms with Crippen molar-refractivity contribution < 1.29 is 29.4 Å². The molecule has 0 heterocycles. The van der Waals surface area contributed by atoms with E-state index in [9.17, 15) is 24.7 Å². The van der Waals surface area contributed by atoms with Crippen LogP contribution in [-0.2, 0) is 25.5 Å². The molecule has 9 heteroatoms. The Bertz CT molecular complexity index is 1370. The highest BCUT2D eigenvalue weighted by Gasteiger charge is 2.38. The van der Waals surface area contributed by atoms with E-state index in [4.69, 9.17) is 4.74 Å². The van der Waals surface area contributed by atoms with Crippen LogP contribution in [0.25, 0.3) is 11.1 Å². The highest BCUT2D eigenvalue weighted by molar-refractivity contribution is 5.92. The van der Waals surface area contributed by atoms with Gasteiger partial charge in [-0.1, -0.05) is 99.6 Å². The van der Waals surface area contributed by atoms with Gasteiger partial charge >= 0.3 is 0 Å². The van der Waals surface area contributed by atoms with E-state index in [0.717, 1.165) is 27.8 Å². The standard InChI is InChI=1S/C35H45N3O6/c1-23-21-24(19-20-27(23)25-14-8-6-9-15-25)13-12-18-28(30(39)33(41)38-43)32(40)37-31(35(2,3)4)34(42)36-29(22-44-5)26-16-10-7-11-17-26/h6-11,14-17,19-21,28-31,39,43H,12-13,18,22H2,1-5H3,(H,36,42)(H,37,40)(H,38,41). The number of nitrogens with one attached hydrogen (secondary N) is 3. The first-order valence-corrected chi connectivity index (χ1v) is 14.9.